The average molecular weight is 425 g/mol. The minimum atomic E-state index is -0.201. The number of nitrogens with one attached hydrogen (secondary N) is 2. The Bertz CT molecular complexity index is 1210. The van der Waals surface area contributed by atoms with Gasteiger partial charge in [0, 0.05) is 23.0 Å². The molecule has 0 saturated carbocycles. The fraction of sp³-hybridized carbons (Fsp3) is 0.115. The highest BCUT2D eigenvalue weighted by molar-refractivity contribution is 6.05. The van der Waals surface area contributed by atoms with E-state index < -0.39 is 0 Å². The van der Waals surface area contributed by atoms with Gasteiger partial charge in [-0.25, -0.2) is 9.97 Å². The summed E-state index contributed by atoms with van der Waals surface area (Å²) in [6.07, 6.45) is 1.72. The van der Waals surface area contributed by atoms with Crippen LogP contribution >= 0.6 is 0 Å². The fourth-order valence-corrected chi connectivity index (χ4v) is 3.17. The lowest BCUT2D eigenvalue weighted by atomic mass is 10.1. The van der Waals surface area contributed by atoms with Crippen molar-refractivity contribution in [1.82, 2.24) is 9.97 Å². The number of hydrogen-bond acceptors (Lipinski definition) is 5. The number of aromatic nitrogens is 2. The molecule has 0 atom stereocenters. The van der Waals surface area contributed by atoms with Gasteiger partial charge >= 0.3 is 0 Å². The van der Waals surface area contributed by atoms with E-state index in [0.29, 0.717) is 35.2 Å². The minimum absolute atomic E-state index is 0.201. The van der Waals surface area contributed by atoms with Gasteiger partial charge in [-0.1, -0.05) is 42.0 Å². The SMILES string of the molecule is CCOc1ccccc1NC(=O)c1ccc(Nc2ccnc(-c3ccc(C)cc3)n2)cc1. The summed E-state index contributed by atoms with van der Waals surface area (Å²) in [6, 6.07) is 24.5. The zero-order valence-electron chi connectivity index (χ0n) is 18.0. The Morgan fingerprint density at radius 3 is 2.44 bits per heavy atom. The monoisotopic (exact) mass is 424 g/mol. The summed E-state index contributed by atoms with van der Waals surface area (Å²) in [4.78, 5) is 21.6. The zero-order valence-corrected chi connectivity index (χ0v) is 18.0. The third kappa shape index (κ3) is 5.10. The summed E-state index contributed by atoms with van der Waals surface area (Å²) in [5.74, 6) is 1.78. The van der Waals surface area contributed by atoms with Crippen molar-refractivity contribution in [3.05, 3.63) is 96.2 Å². The van der Waals surface area contributed by atoms with Crippen molar-refractivity contribution in [3.8, 4) is 17.1 Å². The standard InChI is InChI=1S/C26H24N4O2/c1-3-32-23-7-5-4-6-22(23)29-26(31)20-12-14-21(15-13-20)28-24-16-17-27-25(30-24)19-10-8-18(2)9-11-19/h4-17H,3H2,1-2H3,(H,29,31)(H,27,28,30). The highest BCUT2D eigenvalue weighted by Gasteiger charge is 2.10. The van der Waals surface area contributed by atoms with Gasteiger partial charge in [0.05, 0.1) is 12.3 Å². The molecule has 1 amide bonds. The van der Waals surface area contributed by atoms with Crippen LogP contribution in [0.1, 0.15) is 22.8 Å². The molecular formula is C26H24N4O2. The Hall–Kier alpha value is -4.19. The third-order valence-corrected chi connectivity index (χ3v) is 4.82. The van der Waals surface area contributed by atoms with Crippen LogP contribution in [0.4, 0.5) is 17.2 Å². The molecule has 6 heteroatoms. The molecule has 1 heterocycles. The second-order valence-electron chi connectivity index (χ2n) is 7.22. The first-order valence-corrected chi connectivity index (χ1v) is 10.4. The van der Waals surface area contributed by atoms with E-state index in [2.05, 4.69) is 20.6 Å². The lowest BCUT2D eigenvalue weighted by Gasteiger charge is -2.12. The van der Waals surface area contributed by atoms with Crippen molar-refractivity contribution >= 4 is 23.1 Å². The molecule has 6 nitrogen and oxygen atoms in total. The number of aryl methyl sites for hydroxylation is 1. The number of amides is 1. The van der Waals surface area contributed by atoms with Gasteiger partial charge in [-0.3, -0.25) is 4.79 Å². The molecule has 1 aromatic heterocycles. The molecule has 32 heavy (non-hydrogen) atoms. The van der Waals surface area contributed by atoms with Crippen LogP contribution in [0.3, 0.4) is 0 Å². The van der Waals surface area contributed by atoms with Crippen molar-refractivity contribution in [2.75, 3.05) is 17.2 Å². The van der Waals surface area contributed by atoms with E-state index in [-0.39, 0.29) is 5.91 Å². The number of benzene rings is 3. The molecule has 0 radical (unpaired) electrons. The lowest BCUT2D eigenvalue weighted by molar-refractivity contribution is 0.102. The molecule has 0 saturated heterocycles. The summed E-state index contributed by atoms with van der Waals surface area (Å²) in [5.41, 5.74) is 4.16. The van der Waals surface area contributed by atoms with E-state index >= 15 is 0 Å². The molecule has 0 fully saturated rings. The molecule has 0 aliphatic carbocycles. The molecule has 2 N–H and O–H groups in total. The predicted molar refractivity (Wildman–Crippen MR) is 127 cm³/mol. The van der Waals surface area contributed by atoms with Crippen LogP contribution in [0.5, 0.6) is 5.75 Å². The van der Waals surface area contributed by atoms with Crippen molar-refractivity contribution in [2.45, 2.75) is 13.8 Å². The Labute approximate surface area is 187 Å². The lowest BCUT2D eigenvalue weighted by Crippen LogP contribution is -2.13. The predicted octanol–water partition coefficient (Wildman–Crippen LogP) is 5.85. The summed E-state index contributed by atoms with van der Waals surface area (Å²) in [5, 5.41) is 6.17. The minimum Gasteiger partial charge on any atom is -0.492 e. The van der Waals surface area contributed by atoms with Crippen LogP contribution in [0.15, 0.2) is 85.1 Å². The normalized spacial score (nSPS) is 10.4. The van der Waals surface area contributed by atoms with E-state index in [1.54, 1.807) is 18.3 Å². The van der Waals surface area contributed by atoms with Gasteiger partial charge in [0.15, 0.2) is 5.82 Å². The Kier molecular flexibility index (Phi) is 6.41. The number of carbonyl (C=O) groups is 1. The number of rotatable bonds is 7. The Morgan fingerprint density at radius 1 is 0.938 bits per heavy atom. The molecule has 0 aliphatic heterocycles. The van der Waals surface area contributed by atoms with Crippen LogP contribution in [0.2, 0.25) is 0 Å². The maximum atomic E-state index is 12.7. The molecule has 0 aliphatic rings. The van der Waals surface area contributed by atoms with E-state index in [0.717, 1.165) is 11.3 Å². The van der Waals surface area contributed by atoms with Crippen LogP contribution in [-0.4, -0.2) is 22.5 Å². The number of anilines is 3. The maximum absolute atomic E-state index is 12.7. The Morgan fingerprint density at radius 2 is 1.69 bits per heavy atom. The molecule has 3 aromatic carbocycles. The van der Waals surface area contributed by atoms with Crippen molar-refractivity contribution in [3.63, 3.8) is 0 Å². The first-order chi connectivity index (χ1) is 15.6. The number of ether oxygens (including phenoxy) is 1. The molecular weight excluding hydrogens is 400 g/mol. The molecule has 160 valence electrons. The first kappa shape index (κ1) is 21.1. The van der Waals surface area contributed by atoms with Crippen molar-refractivity contribution in [2.24, 2.45) is 0 Å². The molecule has 0 spiro atoms. The summed E-state index contributed by atoms with van der Waals surface area (Å²) in [6.45, 7) is 4.48. The van der Waals surface area contributed by atoms with Crippen LogP contribution in [0.25, 0.3) is 11.4 Å². The first-order valence-electron chi connectivity index (χ1n) is 10.4. The summed E-state index contributed by atoms with van der Waals surface area (Å²) < 4.78 is 5.57. The maximum Gasteiger partial charge on any atom is 0.255 e. The van der Waals surface area contributed by atoms with Crippen LogP contribution in [-0.2, 0) is 0 Å². The van der Waals surface area contributed by atoms with Crippen molar-refractivity contribution in [1.29, 1.82) is 0 Å². The zero-order chi connectivity index (χ0) is 22.3. The average Bonchev–Trinajstić information content (AvgIpc) is 2.82. The number of nitrogens with zero attached hydrogens (tertiary/aromatic N) is 2. The van der Waals surface area contributed by atoms with Crippen LogP contribution < -0.4 is 15.4 Å². The topological polar surface area (TPSA) is 76.1 Å². The second kappa shape index (κ2) is 9.75. The van der Waals surface area contributed by atoms with Gasteiger partial charge in [0.2, 0.25) is 0 Å². The number of para-hydroxylation sites is 2. The summed E-state index contributed by atoms with van der Waals surface area (Å²) >= 11 is 0. The fourth-order valence-electron chi connectivity index (χ4n) is 3.17. The van der Waals surface area contributed by atoms with E-state index in [1.165, 1.54) is 5.56 Å². The van der Waals surface area contributed by atoms with Crippen molar-refractivity contribution < 1.29 is 9.53 Å². The van der Waals surface area contributed by atoms with Gasteiger partial charge in [-0.15, -0.1) is 0 Å². The Balaban J connectivity index is 1.45. The van der Waals surface area contributed by atoms with Gasteiger partial charge in [0.25, 0.3) is 5.91 Å². The number of hydrogen-bond donors (Lipinski definition) is 2. The molecule has 0 unspecified atom stereocenters. The van der Waals surface area contributed by atoms with Crippen LogP contribution in [0, 0.1) is 6.92 Å². The molecule has 0 bridgehead atoms. The highest BCUT2D eigenvalue weighted by atomic mass is 16.5. The van der Waals surface area contributed by atoms with E-state index in [9.17, 15) is 4.79 Å². The van der Waals surface area contributed by atoms with E-state index in [4.69, 9.17) is 4.74 Å². The largest absolute Gasteiger partial charge is 0.492 e. The molecule has 4 aromatic rings. The smallest absolute Gasteiger partial charge is 0.255 e. The van der Waals surface area contributed by atoms with Gasteiger partial charge in [0.1, 0.15) is 11.6 Å². The third-order valence-electron chi connectivity index (χ3n) is 4.82. The number of carbonyl (C=O) groups excluding carboxylic acids is 1. The molecule has 4 rings (SSSR count). The second-order valence-corrected chi connectivity index (χ2v) is 7.22. The summed E-state index contributed by atoms with van der Waals surface area (Å²) in [7, 11) is 0. The quantitative estimate of drug-likeness (QED) is 0.389. The van der Waals surface area contributed by atoms with Gasteiger partial charge in [-0.2, -0.15) is 0 Å². The van der Waals surface area contributed by atoms with Gasteiger partial charge < -0.3 is 15.4 Å². The van der Waals surface area contributed by atoms with Gasteiger partial charge in [-0.05, 0) is 56.3 Å². The van der Waals surface area contributed by atoms with E-state index in [1.807, 2.05) is 80.6 Å². The highest BCUT2D eigenvalue weighted by Crippen LogP contribution is 2.25.